The number of ether oxygens (including phenoxy) is 2. The average molecular weight is 331 g/mol. The van der Waals surface area contributed by atoms with E-state index in [1.807, 2.05) is 52.0 Å². The zero-order chi connectivity index (χ0) is 17.5. The summed E-state index contributed by atoms with van der Waals surface area (Å²) in [5.74, 6) is 0.662. The van der Waals surface area contributed by atoms with Crippen LogP contribution in [0, 0.1) is 12.8 Å². The van der Waals surface area contributed by atoms with Gasteiger partial charge < -0.3 is 9.47 Å². The molecule has 1 aromatic carbocycles. The van der Waals surface area contributed by atoms with Crippen molar-refractivity contribution in [2.75, 3.05) is 19.8 Å². The van der Waals surface area contributed by atoms with Crippen LogP contribution in [0.4, 0.5) is 0 Å². The van der Waals surface area contributed by atoms with Gasteiger partial charge in [0.25, 0.3) is 0 Å². The molecule has 0 saturated heterocycles. The van der Waals surface area contributed by atoms with Crippen LogP contribution in [0.5, 0.6) is 6.01 Å². The second-order valence-corrected chi connectivity index (χ2v) is 6.03. The van der Waals surface area contributed by atoms with Crippen molar-refractivity contribution in [1.29, 1.82) is 0 Å². The summed E-state index contributed by atoms with van der Waals surface area (Å²) in [5.41, 5.74) is 1.98. The minimum atomic E-state index is -0.0901. The van der Waals surface area contributed by atoms with Gasteiger partial charge >= 0.3 is 6.01 Å². The summed E-state index contributed by atoms with van der Waals surface area (Å²) in [6, 6.07) is 8.03. The monoisotopic (exact) mass is 331 g/mol. The van der Waals surface area contributed by atoms with Gasteiger partial charge in [0.05, 0.1) is 6.61 Å². The highest BCUT2D eigenvalue weighted by Gasteiger charge is 2.19. The van der Waals surface area contributed by atoms with E-state index < -0.39 is 0 Å². The van der Waals surface area contributed by atoms with E-state index in [9.17, 15) is 4.79 Å². The van der Waals surface area contributed by atoms with Crippen molar-refractivity contribution < 1.29 is 14.3 Å². The number of aryl methyl sites for hydroxylation is 1. The van der Waals surface area contributed by atoms with Crippen LogP contribution < -0.4 is 4.74 Å². The van der Waals surface area contributed by atoms with Crippen LogP contribution >= 0.6 is 0 Å². The molecular formula is C18H25N3O3. The lowest BCUT2D eigenvalue weighted by molar-refractivity contribution is 0.0866. The van der Waals surface area contributed by atoms with Crippen molar-refractivity contribution >= 4 is 5.91 Å². The molecule has 2 rings (SSSR count). The predicted molar refractivity (Wildman–Crippen MR) is 92.3 cm³/mol. The maximum absolute atomic E-state index is 12.5. The SMILES string of the molecule is CCOCCOc1nc(-c2ccc(C)cc2)n(C(=O)CC(C)C)n1. The Bertz CT molecular complexity index is 663. The van der Waals surface area contributed by atoms with E-state index in [1.165, 1.54) is 4.68 Å². The minimum Gasteiger partial charge on any atom is -0.460 e. The fourth-order valence-electron chi connectivity index (χ4n) is 2.19. The molecule has 0 amide bonds. The Morgan fingerprint density at radius 1 is 1.21 bits per heavy atom. The molecule has 0 atom stereocenters. The molecule has 0 fully saturated rings. The summed E-state index contributed by atoms with van der Waals surface area (Å²) in [4.78, 5) is 16.9. The molecule has 0 bridgehead atoms. The smallest absolute Gasteiger partial charge is 0.336 e. The molecule has 1 aromatic heterocycles. The Hall–Kier alpha value is -2.21. The fourth-order valence-corrected chi connectivity index (χ4v) is 2.19. The number of nitrogens with zero attached hydrogens (tertiary/aromatic N) is 3. The van der Waals surface area contributed by atoms with Gasteiger partial charge in [-0.15, -0.1) is 5.10 Å². The Kier molecular flexibility index (Phi) is 6.49. The normalized spacial score (nSPS) is 11.0. The molecule has 24 heavy (non-hydrogen) atoms. The molecule has 0 aliphatic carbocycles. The Balaban J connectivity index is 2.26. The number of hydrogen-bond donors (Lipinski definition) is 0. The fraction of sp³-hybridized carbons (Fsp3) is 0.500. The van der Waals surface area contributed by atoms with E-state index in [0.717, 1.165) is 11.1 Å². The van der Waals surface area contributed by atoms with Crippen LogP contribution in [0.2, 0.25) is 0 Å². The van der Waals surface area contributed by atoms with Crippen molar-refractivity contribution in [2.24, 2.45) is 5.92 Å². The number of carbonyl (C=O) groups excluding carboxylic acids is 1. The van der Waals surface area contributed by atoms with E-state index in [-0.39, 0.29) is 17.8 Å². The molecule has 0 aliphatic rings. The van der Waals surface area contributed by atoms with Crippen LogP contribution in [-0.4, -0.2) is 40.5 Å². The van der Waals surface area contributed by atoms with Gasteiger partial charge in [0.2, 0.25) is 5.91 Å². The summed E-state index contributed by atoms with van der Waals surface area (Å²) in [6.45, 7) is 9.38. The van der Waals surface area contributed by atoms with Gasteiger partial charge in [-0.1, -0.05) is 43.7 Å². The number of hydrogen-bond acceptors (Lipinski definition) is 5. The van der Waals surface area contributed by atoms with Gasteiger partial charge in [-0.25, -0.2) is 0 Å². The number of benzene rings is 1. The van der Waals surface area contributed by atoms with Crippen LogP contribution in [0.1, 0.15) is 37.6 Å². The third-order valence-electron chi connectivity index (χ3n) is 3.38. The lowest BCUT2D eigenvalue weighted by Gasteiger charge is -2.06. The number of aromatic nitrogens is 3. The first-order valence-corrected chi connectivity index (χ1v) is 8.29. The summed E-state index contributed by atoms with van der Waals surface area (Å²) in [6.07, 6.45) is 0.403. The first-order valence-electron chi connectivity index (χ1n) is 8.29. The molecule has 0 spiro atoms. The van der Waals surface area contributed by atoms with Crippen molar-refractivity contribution in [2.45, 2.75) is 34.1 Å². The van der Waals surface area contributed by atoms with Crippen LogP contribution in [0.3, 0.4) is 0 Å². The van der Waals surface area contributed by atoms with E-state index in [2.05, 4.69) is 10.1 Å². The zero-order valence-corrected chi connectivity index (χ0v) is 14.8. The van der Waals surface area contributed by atoms with Crippen molar-refractivity contribution in [3.8, 4) is 17.4 Å². The highest BCUT2D eigenvalue weighted by molar-refractivity contribution is 5.82. The molecule has 2 aromatic rings. The molecule has 130 valence electrons. The molecule has 6 heteroatoms. The third-order valence-corrected chi connectivity index (χ3v) is 3.38. The lowest BCUT2D eigenvalue weighted by Crippen LogP contribution is -2.16. The van der Waals surface area contributed by atoms with Gasteiger partial charge in [-0.05, 0) is 19.8 Å². The second kappa shape index (κ2) is 8.59. The Labute approximate surface area is 142 Å². The molecule has 1 heterocycles. The minimum absolute atomic E-state index is 0.0901. The van der Waals surface area contributed by atoms with Gasteiger partial charge in [0.15, 0.2) is 5.82 Å². The summed E-state index contributed by atoms with van der Waals surface area (Å²) >= 11 is 0. The van der Waals surface area contributed by atoms with Gasteiger partial charge in [0.1, 0.15) is 6.61 Å². The second-order valence-electron chi connectivity index (χ2n) is 6.03. The number of rotatable bonds is 8. The molecule has 0 aliphatic heterocycles. The summed E-state index contributed by atoms with van der Waals surface area (Å²) in [7, 11) is 0. The van der Waals surface area contributed by atoms with E-state index in [0.29, 0.717) is 32.1 Å². The predicted octanol–water partition coefficient (Wildman–Crippen LogP) is 3.36. The summed E-state index contributed by atoms with van der Waals surface area (Å²) < 4.78 is 12.1. The molecule has 0 N–H and O–H groups in total. The largest absolute Gasteiger partial charge is 0.460 e. The van der Waals surface area contributed by atoms with Crippen molar-refractivity contribution in [3.63, 3.8) is 0 Å². The highest BCUT2D eigenvalue weighted by Crippen LogP contribution is 2.21. The molecular weight excluding hydrogens is 306 g/mol. The lowest BCUT2D eigenvalue weighted by atomic mass is 10.1. The van der Waals surface area contributed by atoms with Crippen LogP contribution in [-0.2, 0) is 4.74 Å². The Morgan fingerprint density at radius 3 is 2.54 bits per heavy atom. The highest BCUT2D eigenvalue weighted by atomic mass is 16.5. The van der Waals surface area contributed by atoms with E-state index in [4.69, 9.17) is 9.47 Å². The Morgan fingerprint density at radius 2 is 1.92 bits per heavy atom. The quantitative estimate of drug-likeness (QED) is 0.694. The average Bonchev–Trinajstić information content (AvgIpc) is 2.96. The van der Waals surface area contributed by atoms with Gasteiger partial charge in [-0.2, -0.15) is 9.67 Å². The first-order chi connectivity index (χ1) is 11.5. The molecule has 0 saturated carbocycles. The molecule has 6 nitrogen and oxygen atoms in total. The third kappa shape index (κ3) is 4.89. The van der Waals surface area contributed by atoms with Crippen molar-refractivity contribution in [1.82, 2.24) is 14.8 Å². The van der Waals surface area contributed by atoms with Crippen molar-refractivity contribution in [3.05, 3.63) is 29.8 Å². The molecule has 0 radical (unpaired) electrons. The van der Waals surface area contributed by atoms with Crippen LogP contribution in [0.15, 0.2) is 24.3 Å². The van der Waals surface area contributed by atoms with E-state index in [1.54, 1.807) is 0 Å². The maximum Gasteiger partial charge on any atom is 0.336 e. The topological polar surface area (TPSA) is 66.2 Å². The molecule has 0 unspecified atom stereocenters. The maximum atomic E-state index is 12.5. The number of carbonyl (C=O) groups is 1. The van der Waals surface area contributed by atoms with E-state index >= 15 is 0 Å². The van der Waals surface area contributed by atoms with Gasteiger partial charge in [0, 0.05) is 18.6 Å². The standard InChI is InChI=1S/C18H25N3O3/c1-5-23-10-11-24-18-19-17(15-8-6-14(4)7-9-15)21(20-18)16(22)12-13(2)3/h6-9,13H,5,10-12H2,1-4H3. The van der Waals surface area contributed by atoms with Gasteiger partial charge in [-0.3, -0.25) is 4.79 Å². The summed E-state index contributed by atoms with van der Waals surface area (Å²) in [5, 5.41) is 4.24. The first kappa shape index (κ1) is 18.1. The van der Waals surface area contributed by atoms with Crippen LogP contribution in [0.25, 0.3) is 11.4 Å². The zero-order valence-electron chi connectivity index (χ0n) is 14.8.